The molecule has 0 unspecified atom stereocenters. The number of hydrogen-bond acceptors (Lipinski definition) is 3. The summed E-state index contributed by atoms with van der Waals surface area (Å²) in [6.07, 6.45) is 2.99. The maximum Gasteiger partial charge on any atom is 0.310 e. The van der Waals surface area contributed by atoms with E-state index in [9.17, 15) is 14.7 Å². The van der Waals surface area contributed by atoms with E-state index in [1.165, 1.54) is 0 Å². The van der Waals surface area contributed by atoms with E-state index < -0.39 is 29.5 Å². The maximum absolute atomic E-state index is 12.6. The Morgan fingerprint density at radius 1 is 1.38 bits per heavy atom. The summed E-state index contributed by atoms with van der Waals surface area (Å²) in [4.78, 5) is 24.1. The van der Waals surface area contributed by atoms with Crippen LogP contribution in [0.5, 0.6) is 0 Å². The van der Waals surface area contributed by atoms with Gasteiger partial charge in [0.2, 0.25) is 5.91 Å². The zero-order valence-corrected chi connectivity index (χ0v) is 13.4. The lowest BCUT2D eigenvalue weighted by Crippen LogP contribution is -2.44. The molecule has 1 amide bonds. The van der Waals surface area contributed by atoms with E-state index in [0.29, 0.717) is 5.69 Å². The number of carbonyl (C=O) groups excluding carboxylic acids is 1. The highest BCUT2D eigenvalue weighted by atomic mass is 127. The minimum Gasteiger partial charge on any atom is -0.481 e. The van der Waals surface area contributed by atoms with Crippen molar-refractivity contribution in [1.82, 2.24) is 0 Å². The van der Waals surface area contributed by atoms with Gasteiger partial charge in [-0.2, -0.15) is 0 Å². The van der Waals surface area contributed by atoms with Gasteiger partial charge in [0.05, 0.1) is 23.3 Å². The number of para-hydroxylation sites is 1. The number of carbonyl (C=O) groups is 2. The van der Waals surface area contributed by atoms with Crippen molar-refractivity contribution in [3.8, 4) is 0 Å². The summed E-state index contributed by atoms with van der Waals surface area (Å²) < 4.78 is 6.58. The fourth-order valence-electron chi connectivity index (χ4n) is 3.05. The van der Waals surface area contributed by atoms with Crippen LogP contribution < -0.4 is 5.32 Å². The molecule has 2 aliphatic rings. The van der Waals surface area contributed by atoms with Crippen molar-refractivity contribution >= 4 is 40.2 Å². The number of carboxylic acids is 1. The second kappa shape index (κ2) is 5.10. The number of hydrogen-bond donors (Lipinski definition) is 2. The third-order valence-corrected chi connectivity index (χ3v) is 4.98. The quantitative estimate of drug-likeness (QED) is 0.604. The summed E-state index contributed by atoms with van der Waals surface area (Å²) in [6, 6.07) is 7.37. The van der Waals surface area contributed by atoms with Gasteiger partial charge in [-0.15, -0.1) is 0 Å². The topological polar surface area (TPSA) is 75.6 Å². The van der Waals surface area contributed by atoms with Crippen LogP contribution in [-0.2, 0) is 14.3 Å². The van der Waals surface area contributed by atoms with Gasteiger partial charge in [0, 0.05) is 3.57 Å². The first-order valence-corrected chi connectivity index (χ1v) is 7.65. The second-order valence-electron chi connectivity index (χ2n) is 5.44. The van der Waals surface area contributed by atoms with E-state index in [4.69, 9.17) is 4.74 Å². The van der Waals surface area contributed by atoms with Gasteiger partial charge in [0.25, 0.3) is 0 Å². The van der Waals surface area contributed by atoms with Gasteiger partial charge in [0.1, 0.15) is 5.92 Å². The van der Waals surface area contributed by atoms with Crippen LogP contribution in [0, 0.1) is 15.4 Å². The third-order valence-electron chi connectivity index (χ3n) is 4.04. The van der Waals surface area contributed by atoms with Gasteiger partial charge in [-0.1, -0.05) is 24.3 Å². The molecule has 1 saturated heterocycles. The minimum absolute atomic E-state index is 0.319. The van der Waals surface area contributed by atoms with Crippen molar-refractivity contribution in [2.45, 2.75) is 18.6 Å². The van der Waals surface area contributed by atoms with Crippen LogP contribution in [0.15, 0.2) is 36.4 Å². The largest absolute Gasteiger partial charge is 0.481 e. The van der Waals surface area contributed by atoms with Crippen LogP contribution in [0.2, 0.25) is 0 Å². The van der Waals surface area contributed by atoms with E-state index in [1.807, 2.05) is 18.2 Å². The number of halogens is 1. The molecule has 2 bridgehead atoms. The number of anilines is 1. The van der Waals surface area contributed by atoms with E-state index in [-0.39, 0.29) is 5.91 Å². The normalized spacial score (nSPS) is 33.1. The molecule has 6 heteroatoms. The number of nitrogens with one attached hydrogen (secondary N) is 1. The Hall–Kier alpha value is -1.41. The van der Waals surface area contributed by atoms with Crippen LogP contribution in [0.4, 0.5) is 5.69 Å². The molecular formula is C15H14INO4. The van der Waals surface area contributed by atoms with Crippen molar-refractivity contribution < 1.29 is 19.4 Å². The number of fused-ring (bicyclic) bond motifs is 2. The third kappa shape index (κ3) is 2.36. The highest BCUT2D eigenvalue weighted by Crippen LogP contribution is 2.47. The lowest BCUT2D eigenvalue weighted by molar-refractivity contribution is -0.146. The highest BCUT2D eigenvalue weighted by Gasteiger charge is 2.59. The van der Waals surface area contributed by atoms with E-state index in [0.717, 1.165) is 3.57 Å². The zero-order valence-electron chi connectivity index (χ0n) is 11.2. The first kappa shape index (κ1) is 14.5. The SMILES string of the molecule is C[C@@]12C=C[C@@H](O1)[C@@H](C(=O)O)[C@@H]2C(=O)Nc1ccccc1I. The number of amides is 1. The summed E-state index contributed by atoms with van der Waals surface area (Å²) in [7, 11) is 0. The number of carboxylic acid groups (broad SMARTS) is 1. The van der Waals surface area contributed by atoms with Gasteiger partial charge >= 0.3 is 5.97 Å². The van der Waals surface area contributed by atoms with Gasteiger partial charge in [-0.25, -0.2) is 0 Å². The Morgan fingerprint density at radius 2 is 2.10 bits per heavy atom. The van der Waals surface area contributed by atoms with Crippen LogP contribution in [-0.4, -0.2) is 28.7 Å². The summed E-state index contributed by atoms with van der Waals surface area (Å²) >= 11 is 2.13. The van der Waals surface area contributed by atoms with Gasteiger partial charge in [0.15, 0.2) is 0 Å². The molecule has 3 rings (SSSR count). The van der Waals surface area contributed by atoms with Crippen LogP contribution >= 0.6 is 22.6 Å². The van der Waals surface area contributed by atoms with Crippen LogP contribution in [0.25, 0.3) is 0 Å². The highest BCUT2D eigenvalue weighted by molar-refractivity contribution is 14.1. The van der Waals surface area contributed by atoms with Gasteiger partial charge in [-0.3, -0.25) is 9.59 Å². The molecule has 0 spiro atoms. The Labute approximate surface area is 135 Å². The lowest BCUT2D eigenvalue weighted by Gasteiger charge is -2.28. The summed E-state index contributed by atoms with van der Waals surface area (Å²) in [5.41, 5.74) is -0.166. The monoisotopic (exact) mass is 399 g/mol. The molecule has 0 aliphatic carbocycles. The molecular weight excluding hydrogens is 385 g/mol. The maximum atomic E-state index is 12.6. The first-order valence-electron chi connectivity index (χ1n) is 6.58. The Kier molecular flexibility index (Phi) is 3.53. The standard InChI is InChI=1S/C15H14INO4/c1-15-7-6-10(21-15)11(14(19)20)12(15)13(18)17-9-5-3-2-4-8(9)16/h2-7,10-12H,1H3,(H,17,18)(H,19,20)/t10-,11-,12-,15+/m1/s1. The fourth-order valence-corrected chi connectivity index (χ4v) is 3.58. The second-order valence-corrected chi connectivity index (χ2v) is 6.60. The number of ether oxygens (including phenoxy) is 1. The Bertz CT molecular complexity index is 644. The van der Waals surface area contributed by atoms with Gasteiger partial charge in [-0.05, 0) is 41.6 Å². The number of rotatable bonds is 3. The number of aliphatic carboxylic acids is 1. The number of benzene rings is 1. The molecule has 1 aromatic carbocycles. The minimum atomic E-state index is -1.00. The summed E-state index contributed by atoms with van der Waals surface area (Å²) in [6.45, 7) is 1.76. The molecule has 1 fully saturated rings. The van der Waals surface area contributed by atoms with Crippen molar-refractivity contribution in [3.63, 3.8) is 0 Å². The predicted molar refractivity (Wildman–Crippen MR) is 84.8 cm³/mol. The molecule has 5 nitrogen and oxygen atoms in total. The average Bonchev–Trinajstić information content (AvgIpc) is 2.94. The average molecular weight is 399 g/mol. The first-order chi connectivity index (χ1) is 9.92. The molecule has 2 aliphatic heterocycles. The van der Waals surface area contributed by atoms with Crippen molar-refractivity contribution in [2.75, 3.05) is 5.32 Å². The van der Waals surface area contributed by atoms with Crippen LogP contribution in [0.3, 0.4) is 0 Å². The molecule has 2 N–H and O–H groups in total. The molecule has 0 saturated carbocycles. The van der Waals surface area contributed by atoms with E-state index >= 15 is 0 Å². The van der Waals surface area contributed by atoms with Crippen molar-refractivity contribution in [3.05, 3.63) is 40.0 Å². The van der Waals surface area contributed by atoms with E-state index in [1.54, 1.807) is 25.1 Å². The molecule has 21 heavy (non-hydrogen) atoms. The molecule has 4 atom stereocenters. The molecule has 0 aromatic heterocycles. The van der Waals surface area contributed by atoms with Crippen molar-refractivity contribution in [2.24, 2.45) is 11.8 Å². The smallest absolute Gasteiger partial charge is 0.310 e. The zero-order chi connectivity index (χ0) is 15.2. The van der Waals surface area contributed by atoms with Crippen molar-refractivity contribution in [1.29, 1.82) is 0 Å². The van der Waals surface area contributed by atoms with Gasteiger partial charge < -0.3 is 15.2 Å². The summed E-state index contributed by atoms with van der Waals surface area (Å²) in [5.74, 6) is -2.90. The van der Waals surface area contributed by atoms with E-state index in [2.05, 4.69) is 27.9 Å². The summed E-state index contributed by atoms with van der Waals surface area (Å²) in [5, 5.41) is 12.2. The fraction of sp³-hybridized carbons (Fsp3) is 0.333. The molecule has 0 radical (unpaired) electrons. The van der Waals surface area contributed by atoms with Crippen LogP contribution in [0.1, 0.15) is 6.92 Å². The Morgan fingerprint density at radius 3 is 2.76 bits per heavy atom. The molecule has 1 aromatic rings. The predicted octanol–water partition coefficient (Wildman–Crippen LogP) is 2.27. The lowest BCUT2D eigenvalue weighted by atomic mass is 9.75. The molecule has 110 valence electrons. The Balaban J connectivity index is 1.88. The molecule has 2 heterocycles.